The van der Waals surface area contributed by atoms with Crippen LogP contribution in [0.2, 0.25) is 0 Å². The van der Waals surface area contributed by atoms with Crippen LogP contribution in [0.15, 0.2) is 24.5 Å². The number of aromatic nitrogens is 2. The molecule has 4 heteroatoms. The molecule has 0 spiro atoms. The predicted octanol–water partition coefficient (Wildman–Crippen LogP) is 3.95. The fourth-order valence-electron chi connectivity index (χ4n) is 4.74. The first-order valence-corrected chi connectivity index (χ1v) is 9.49. The second-order valence-electron chi connectivity index (χ2n) is 7.84. The number of ether oxygens (including phenoxy) is 1. The predicted molar refractivity (Wildman–Crippen MR) is 97.2 cm³/mol. The van der Waals surface area contributed by atoms with E-state index in [0.717, 1.165) is 19.0 Å². The quantitative estimate of drug-likeness (QED) is 0.928. The lowest BCUT2D eigenvalue weighted by molar-refractivity contribution is -0.0725. The molecule has 1 aliphatic carbocycles. The molecule has 24 heavy (non-hydrogen) atoms. The minimum atomic E-state index is 0.377. The number of nitrogens with zero attached hydrogens (tertiary/aromatic N) is 2. The fraction of sp³-hybridized carbons (Fsp3) is 0.650. The lowest BCUT2D eigenvalue weighted by Gasteiger charge is -2.38. The number of hydrogen-bond acceptors (Lipinski definition) is 3. The van der Waals surface area contributed by atoms with Gasteiger partial charge < -0.3 is 9.72 Å². The van der Waals surface area contributed by atoms with Gasteiger partial charge in [-0.05, 0) is 69.1 Å². The molecule has 1 N–H and O–H groups in total. The van der Waals surface area contributed by atoms with Crippen molar-refractivity contribution in [2.45, 2.75) is 57.7 Å². The van der Waals surface area contributed by atoms with Crippen LogP contribution in [-0.4, -0.2) is 46.7 Å². The summed E-state index contributed by atoms with van der Waals surface area (Å²) in [5, 5.41) is 0. The summed E-state index contributed by atoms with van der Waals surface area (Å²) in [5.74, 6) is 1.52. The van der Waals surface area contributed by atoms with Gasteiger partial charge in [0.15, 0.2) is 0 Å². The second-order valence-corrected chi connectivity index (χ2v) is 7.84. The van der Waals surface area contributed by atoms with Gasteiger partial charge in [0.1, 0.15) is 0 Å². The van der Waals surface area contributed by atoms with Crippen LogP contribution in [0.1, 0.15) is 51.0 Å². The van der Waals surface area contributed by atoms with E-state index in [1.165, 1.54) is 48.8 Å². The molecule has 1 saturated heterocycles. The molecule has 0 aromatic carbocycles. The number of nitrogens with one attached hydrogen (secondary N) is 1. The summed E-state index contributed by atoms with van der Waals surface area (Å²) in [6.07, 6.45) is 10.1. The number of hydrogen-bond donors (Lipinski definition) is 1. The second kappa shape index (κ2) is 6.85. The van der Waals surface area contributed by atoms with Crippen molar-refractivity contribution in [1.82, 2.24) is 14.9 Å². The highest BCUT2D eigenvalue weighted by Crippen LogP contribution is 2.38. The Morgan fingerprint density at radius 2 is 1.92 bits per heavy atom. The standard InChI is InChI=1S/C20H29N3O/c1-14-11-23(12-15(2)24-14)13-16-5-7-17(8-6-16)18-10-22-19-4-3-9-21-20(18)19/h3-4,9-10,14-17,22H,5-8,11-13H2,1-2H3/t14-,15+,16?,17?. The Kier molecular flexibility index (Phi) is 4.59. The summed E-state index contributed by atoms with van der Waals surface area (Å²) in [4.78, 5) is 10.6. The SMILES string of the molecule is C[C@@H]1CN(CC2CCC(c3c[nH]c4cccnc34)CC2)C[C@H](C)O1. The van der Waals surface area contributed by atoms with Crippen molar-refractivity contribution in [1.29, 1.82) is 0 Å². The Balaban J connectivity index is 1.35. The summed E-state index contributed by atoms with van der Waals surface area (Å²) >= 11 is 0. The van der Waals surface area contributed by atoms with Gasteiger partial charge in [0.25, 0.3) is 0 Å². The highest BCUT2D eigenvalue weighted by Gasteiger charge is 2.28. The van der Waals surface area contributed by atoms with Gasteiger partial charge in [-0.3, -0.25) is 9.88 Å². The van der Waals surface area contributed by atoms with Gasteiger partial charge in [-0.2, -0.15) is 0 Å². The van der Waals surface area contributed by atoms with Gasteiger partial charge >= 0.3 is 0 Å². The average Bonchev–Trinajstić information content (AvgIpc) is 2.99. The Bertz CT molecular complexity index is 664. The van der Waals surface area contributed by atoms with Crippen LogP contribution < -0.4 is 0 Å². The van der Waals surface area contributed by atoms with Gasteiger partial charge in [0.2, 0.25) is 0 Å². The number of morpholine rings is 1. The van der Waals surface area contributed by atoms with E-state index < -0.39 is 0 Å². The zero-order chi connectivity index (χ0) is 16.5. The van der Waals surface area contributed by atoms with Crippen molar-refractivity contribution in [2.24, 2.45) is 5.92 Å². The van der Waals surface area contributed by atoms with Gasteiger partial charge in [-0.15, -0.1) is 0 Å². The number of pyridine rings is 1. The van der Waals surface area contributed by atoms with Crippen LogP contribution >= 0.6 is 0 Å². The first-order chi connectivity index (χ1) is 11.7. The summed E-state index contributed by atoms with van der Waals surface area (Å²) < 4.78 is 5.86. The molecule has 0 unspecified atom stereocenters. The molecule has 2 fully saturated rings. The highest BCUT2D eigenvalue weighted by atomic mass is 16.5. The zero-order valence-corrected chi connectivity index (χ0v) is 14.9. The monoisotopic (exact) mass is 327 g/mol. The zero-order valence-electron chi connectivity index (χ0n) is 14.9. The van der Waals surface area contributed by atoms with Crippen molar-refractivity contribution in [3.05, 3.63) is 30.1 Å². The smallest absolute Gasteiger partial charge is 0.0913 e. The number of H-pyrrole nitrogens is 1. The molecule has 2 atom stereocenters. The minimum Gasteiger partial charge on any atom is -0.373 e. The Morgan fingerprint density at radius 3 is 2.67 bits per heavy atom. The molecule has 3 heterocycles. The van der Waals surface area contributed by atoms with E-state index in [9.17, 15) is 0 Å². The maximum absolute atomic E-state index is 5.86. The molecule has 0 radical (unpaired) electrons. The highest BCUT2D eigenvalue weighted by molar-refractivity contribution is 5.79. The molecule has 0 bridgehead atoms. The van der Waals surface area contributed by atoms with Crippen molar-refractivity contribution in [2.75, 3.05) is 19.6 Å². The topological polar surface area (TPSA) is 41.2 Å². The Hall–Kier alpha value is -1.39. The van der Waals surface area contributed by atoms with E-state index in [0.29, 0.717) is 18.1 Å². The lowest BCUT2D eigenvalue weighted by atomic mass is 9.79. The largest absolute Gasteiger partial charge is 0.373 e. The molecule has 0 amide bonds. The molecule has 4 nitrogen and oxygen atoms in total. The molecule has 1 saturated carbocycles. The normalized spacial score (nSPS) is 32.2. The fourth-order valence-corrected chi connectivity index (χ4v) is 4.74. The first kappa shape index (κ1) is 16.1. The third kappa shape index (κ3) is 3.35. The van der Waals surface area contributed by atoms with Gasteiger partial charge in [0.05, 0.1) is 23.2 Å². The van der Waals surface area contributed by atoms with Gasteiger partial charge in [-0.25, -0.2) is 0 Å². The molecule has 130 valence electrons. The van der Waals surface area contributed by atoms with Crippen molar-refractivity contribution >= 4 is 11.0 Å². The van der Waals surface area contributed by atoms with Crippen LogP contribution in [0.4, 0.5) is 0 Å². The average molecular weight is 327 g/mol. The van der Waals surface area contributed by atoms with Crippen molar-refractivity contribution < 1.29 is 4.74 Å². The van der Waals surface area contributed by atoms with E-state index in [2.05, 4.69) is 41.0 Å². The van der Waals surface area contributed by atoms with Gasteiger partial charge in [0, 0.05) is 32.0 Å². The summed E-state index contributed by atoms with van der Waals surface area (Å²) in [6.45, 7) is 7.83. The van der Waals surface area contributed by atoms with E-state index in [1.807, 2.05) is 12.3 Å². The molecular weight excluding hydrogens is 298 g/mol. The van der Waals surface area contributed by atoms with Crippen LogP contribution in [0.5, 0.6) is 0 Å². The van der Waals surface area contributed by atoms with Crippen LogP contribution in [-0.2, 0) is 4.74 Å². The van der Waals surface area contributed by atoms with E-state index in [1.54, 1.807) is 0 Å². The van der Waals surface area contributed by atoms with Crippen molar-refractivity contribution in [3.8, 4) is 0 Å². The molecule has 4 rings (SSSR count). The Labute approximate surface area is 144 Å². The maximum Gasteiger partial charge on any atom is 0.0913 e. The van der Waals surface area contributed by atoms with E-state index in [-0.39, 0.29) is 0 Å². The number of aromatic amines is 1. The molecule has 2 aromatic rings. The van der Waals surface area contributed by atoms with Crippen LogP contribution in [0, 0.1) is 5.92 Å². The number of rotatable bonds is 3. The maximum atomic E-state index is 5.86. The van der Waals surface area contributed by atoms with Crippen LogP contribution in [0.3, 0.4) is 0 Å². The third-order valence-corrected chi connectivity index (χ3v) is 5.76. The minimum absolute atomic E-state index is 0.377. The summed E-state index contributed by atoms with van der Waals surface area (Å²) in [5.41, 5.74) is 3.78. The molecule has 2 aliphatic rings. The van der Waals surface area contributed by atoms with Crippen molar-refractivity contribution in [3.63, 3.8) is 0 Å². The van der Waals surface area contributed by atoms with Crippen LogP contribution in [0.25, 0.3) is 11.0 Å². The lowest BCUT2D eigenvalue weighted by Crippen LogP contribution is -2.47. The van der Waals surface area contributed by atoms with E-state index >= 15 is 0 Å². The first-order valence-electron chi connectivity index (χ1n) is 9.49. The Morgan fingerprint density at radius 1 is 1.17 bits per heavy atom. The molecular formula is C20H29N3O. The van der Waals surface area contributed by atoms with Gasteiger partial charge in [-0.1, -0.05) is 0 Å². The summed E-state index contributed by atoms with van der Waals surface area (Å²) in [6, 6.07) is 4.13. The number of fused-ring (bicyclic) bond motifs is 1. The van der Waals surface area contributed by atoms with E-state index in [4.69, 9.17) is 4.74 Å². The molecule has 2 aromatic heterocycles. The third-order valence-electron chi connectivity index (χ3n) is 5.76. The summed E-state index contributed by atoms with van der Waals surface area (Å²) in [7, 11) is 0. The molecule has 1 aliphatic heterocycles.